The highest BCUT2D eigenvalue weighted by molar-refractivity contribution is 14.0. The third kappa shape index (κ3) is 9.08. The van der Waals surface area contributed by atoms with Crippen LogP contribution in [0, 0.1) is 5.82 Å². The summed E-state index contributed by atoms with van der Waals surface area (Å²) in [4.78, 5) is 3.91. The number of halogens is 5. The molecule has 4 N–H and O–H groups in total. The first-order valence-corrected chi connectivity index (χ1v) is 7.70. The number of nitrogens with one attached hydrogen (secondary N) is 1. The van der Waals surface area contributed by atoms with E-state index in [2.05, 4.69) is 15.0 Å². The lowest BCUT2D eigenvalue weighted by Crippen LogP contribution is -2.27. The normalized spacial score (nSPS) is 12.7. The molecular weight excluding hydrogens is 497 g/mol. The minimum Gasteiger partial charge on any atom is -0.491 e. The zero-order valence-corrected chi connectivity index (χ0v) is 16.6. The van der Waals surface area contributed by atoms with Gasteiger partial charge in [0.25, 0.3) is 0 Å². The third-order valence-corrected chi connectivity index (χ3v) is 3.09. The van der Waals surface area contributed by atoms with Crippen LogP contribution in [0.1, 0.15) is 0 Å². The van der Waals surface area contributed by atoms with Gasteiger partial charge in [0.05, 0.1) is 6.54 Å². The number of anilines is 1. The molecule has 0 radical (unpaired) electrons. The van der Waals surface area contributed by atoms with Crippen LogP contribution in [0.4, 0.5) is 23.2 Å². The molecule has 0 aliphatic carbocycles. The zero-order valence-electron chi connectivity index (χ0n) is 14.3. The average Bonchev–Trinajstić information content (AvgIpc) is 2.60. The summed E-state index contributed by atoms with van der Waals surface area (Å²) >= 11 is 0. The fourth-order valence-electron chi connectivity index (χ4n) is 1.91. The van der Waals surface area contributed by atoms with Gasteiger partial charge in [-0.1, -0.05) is 0 Å². The van der Waals surface area contributed by atoms with Crippen LogP contribution in [-0.2, 0) is 0 Å². The SMILES string of the molecule is I.NC(=NCC(O)COc1ccc(F)cc1)Nc1ccc(OC(F)(F)F)cc1. The van der Waals surface area contributed by atoms with Crippen molar-refractivity contribution in [3.63, 3.8) is 0 Å². The number of ether oxygens (including phenoxy) is 2. The molecule has 0 heterocycles. The van der Waals surface area contributed by atoms with Gasteiger partial charge in [-0.25, -0.2) is 4.39 Å². The molecule has 0 saturated heterocycles. The van der Waals surface area contributed by atoms with E-state index >= 15 is 0 Å². The first-order valence-electron chi connectivity index (χ1n) is 7.70. The quantitative estimate of drug-likeness (QED) is 0.228. The minimum absolute atomic E-state index is 0. The Labute approximate surface area is 175 Å². The van der Waals surface area contributed by atoms with E-state index in [1.165, 1.54) is 36.4 Å². The molecule has 0 amide bonds. The van der Waals surface area contributed by atoms with Gasteiger partial charge in [0.2, 0.25) is 0 Å². The standard InChI is InChI=1S/C17H17F4N3O3.HI/c18-11-1-5-14(6-2-11)26-10-13(25)9-23-16(22)24-12-3-7-15(8-4-12)27-17(19,20)21;/h1-8,13,25H,9-10H2,(H3,22,23,24);1H. The van der Waals surface area contributed by atoms with Crippen LogP contribution in [0.3, 0.4) is 0 Å². The van der Waals surface area contributed by atoms with E-state index in [9.17, 15) is 22.7 Å². The minimum atomic E-state index is -4.76. The van der Waals surface area contributed by atoms with E-state index in [-0.39, 0.29) is 48.8 Å². The monoisotopic (exact) mass is 515 g/mol. The Hall–Kier alpha value is -2.28. The summed E-state index contributed by atoms with van der Waals surface area (Å²) in [5.41, 5.74) is 6.04. The lowest BCUT2D eigenvalue weighted by molar-refractivity contribution is -0.274. The maximum absolute atomic E-state index is 12.8. The fraction of sp³-hybridized carbons (Fsp3) is 0.235. The van der Waals surface area contributed by atoms with E-state index in [4.69, 9.17) is 10.5 Å². The van der Waals surface area contributed by atoms with Crippen molar-refractivity contribution in [2.45, 2.75) is 12.5 Å². The molecule has 2 aromatic carbocycles. The first-order chi connectivity index (χ1) is 12.7. The molecule has 0 bridgehead atoms. The predicted octanol–water partition coefficient (Wildman–Crippen LogP) is 3.51. The molecule has 28 heavy (non-hydrogen) atoms. The van der Waals surface area contributed by atoms with Crippen LogP contribution in [0.2, 0.25) is 0 Å². The second-order valence-corrected chi connectivity index (χ2v) is 5.34. The van der Waals surface area contributed by atoms with Gasteiger partial charge in [-0.15, -0.1) is 37.1 Å². The molecule has 6 nitrogen and oxygen atoms in total. The number of guanidine groups is 1. The van der Waals surface area contributed by atoms with Gasteiger partial charge in [-0.3, -0.25) is 4.99 Å². The van der Waals surface area contributed by atoms with Crippen molar-refractivity contribution in [2.24, 2.45) is 10.7 Å². The lowest BCUT2D eigenvalue weighted by atomic mass is 10.3. The van der Waals surface area contributed by atoms with Crippen LogP contribution in [0.25, 0.3) is 0 Å². The lowest BCUT2D eigenvalue weighted by Gasteiger charge is -2.12. The van der Waals surface area contributed by atoms with Crippen LogP contribution >= 0.6 is 24.0 Å². The Bertz CT molecular complexity index is 756. The maximum atomic E-state index is 12.8. The van der Waals surface area contributed by atoms with Gasteiger partial charge in [0.1, 0.15) is 30.0 Å². The highest BCUT2D eigenvalue weighted by atomic mass is 127. The summed E-state index contributed by atoms with van der Waals surface area (Å²) in [7, 11) is 0. The van der Waals surface area contributed by atoms with Gasteiger partial charge in [0, 0.05) is 5.69 Å². The molecule has 0 fully saturated rings. The van der Waals surface area contributed by atoms with Crippen molar-refractivity contribution < 1.29 is 32.1 Å². The van der Waals surface area contributed by atoms with Gasteiger partial charge >= 0.3 is 6.36 Å². The summed E-state index contributed by atoms with van der Waals surface area (Å²) < 4.78 is 58.1. The Morgan fingerprint density at radius 1 is 1.07 bits per heavy atom. The molecule has 2 aromatic rings. The Kier molecular flexibility index (Phi) is 9.25. The second-order valence-electron chi connectivity index (χ2n) is 5.34. The van der Waals surface area contributed by atoms with E-state index in [0.29, 0.717) is 11.4 Å². The topological polar surface area (TPSA) is 89.1 Å². The number of nitrogens with zero attached hydrogens (tertiary/aromatic N) is 1. The predicted molar refractivity (Wildman–Crippen MR) is 107 cm³/mol. The van der Waals surface area contributed by atoms with Gasteiger partial charge in [-0.05, 0) is 48.5 Å². The average molecular weight is 515 g/mol. The van der Waals surface area contributed by atoms with Crippen molar-refractivity contribution in [2.75, 3.05) is 18.5 Å². The Morgan fingerprint density at radius 3 is 2.21 bits per heavy atom. The van der Waals surface area contributed by atoms with Crippen LogP contribution < -0.4 is 20.5 Å². The summed E-state index contributed by atoms with van der Waals surface area (Å²) in [5, 5.41) is 12.5. The molecule has 0 saturated carbocycles. The summed E-state index contributed by atoms with van der Waals surface area (Å²) in [6.07, 6.45) is -5.72. The summed E-state index contributed by atoms with van der Waals surface area (Å²) in [5.74, 6) is -0.409. The number of aliphatic imine (C=N–C) groups is 1. The molecule has 1 atom stereocenters. The van der Waals surface area contributed by atoms with E-state index in [1.54, 1.807) is 0 Å². The van der Waals surface area contributed by atoms with Gasteiger partial charge in [-0.2, -0.15) is 0 Å². The van der Waals surface area contributed by atoms with Crippen molar-refractivity contribution >= 4 is 35.6 Å². The highest BCUT2D eigenvalue weighted by Gasteiger charge is 2.30. The number of hydrogen-bond donors (Lipinski definition) is 3. The number of rotatable bonds is 7. The van der Waals surface area contributed by atoms with Crippen LogP contribution in [0.15, 0.2) is 53.5 Å². The highest BCUT2D eigenvalue weighted by Crippen LogP contribution is 2.23. The van der Waals surface area contributed by atoms with E-state index in [1.807, 2.05) is 0 Å². The second kappa shape index (κ2) is 10.9. The van der Waals surface area contributed by atoms with Crippen LogP contribution in [-0.4, -0.2) is 36.7 Å². The molecular formula is C17H18F4IN3O3. The molecule has 0 aromatic heterocycles. The molecule has 2 rings (SSSR count). The summed E-state index contributed by atoms with van der Waals surface area (Å²) in [6.45, 7) is -0.152. The largest absolute Gasteiger partial charge is 0.573 e. The number of nitrogens with two attached hydrogens (primary N) is 1. The third-order valence-electron chi connectivity index (χ3n) is 3.09. The first kappa shape index (κ1) is 23.8. The number of hydrogen-bond acceptors (Lipinski definition) is 4. The van der Waals surface area contributed by atoms with Crippen molar-refractivity contribution in [1.29, 1.82) is 0 Å². The number of aliphatic hydroxyl groups is 1. The van der Waals surface area contributed by atoms with Gasteiger partial charge in [0.15, 0.2) is 5.96 Å². The smallest absolute Gasteiger partial charge is 0.491 e. The van der Waals surface area contributed by atoms with Gasteiger partial charge < -0.3 is 25.6 Å². The molecule has 0 aliphatic heterocycles. The fourth-order valence-corrected chi connectivity index (χ4v) is 1.91. The summed E-state index contributed by atoms with van der Waals surface area (Å²) in [6, 6.07) is 10.2. The maximum Gasteiger partial charge on any atom is 0.573 e. The van der Waals surface area contributed by atoms with Crippen LogP contribution in [0.5, 0.6) is 11.5 Å². The number of benzene rings is 2. The van der Waals surface area contributed by atoms with Crippen molar-refractivity contribution in [3.8, 4) is 11.5 Å². The molecule has 0 spiro atoms. The number of aliphatic hydroxyl groups excluding tert-OH is 1. The molecule has 11 heteroatoms. The van der Waals surface area contributed by atoms with Crippen molar-refractivity contribution in [3.05, 3.63) is 54.3 Å². The molecule has 0 aliphatic rings. The Balaban J connectivity index is 0.00000392. The molecule has 1 unspecified atom stereocenters. The van der Waals surface area contributed by atoms with Crippen molar-refractivity contribution in [1.82, 2.24) is 0 Å². The number of alkyl halides is 3. The zero-order chi connectivity index (χ0) is 19.9. The Morgan fingerprint density at radius 2 is 1.64 bits per heavy atom. The van der Waals surface area contributed by atoms with E-state index < -0.39 is 18.3 Å². The molecule has 154 valence electrons. The van der Waals surface area contributed by atoms with E-state index in [0.717, 1.165) is 12.1 Å².